The highest BCUT2D eigenvalue weighted by molar-refractivity contribution is 7.87. The summed E-state index contributed by atoms with van der Waals surface area (Å²) >= 11 is 0. The molecular weight excluding hydrogens is 328 g/mol. The minimum Gasteiger partial charge on any atom is -0.379 e. The van der Waals surface area contributed by atoms with Crippen LogP contribution in [0.15, 0.2) is 53.4 Å². The summed E-state index contributed by atoms with van der Waals surface area (Å²) < 4.78 is 29.8. The van der Waals surface area contributed by atoms with Gasteiger partial charge in [-0.25, -0.2) is 0 Å². The van der Waals surface area contributed by atoms with E-state index in [1.54, 1.807) is 23.1 Å². The number of anilines is 1. The second-order valence-electron chi connectivity index (χ2n) is 5.29. The Morgan fingerprint density at radius 3 is 2.42 bits per heavy atom. The Morgan fingerprint density at radius 1 is 1.08 bits per heavy atom. The van der Waals surface area contributed by atoms with E-state index in [1.807, 2.05) is 6.07 Å². The number of nitrogens with zero attached hydrogens (tertiary/aromatic N) is 2. The number of benzene rings is 2. The molecule has 1 aliphatic heterocycles. The first kappa shape index (κ1) is 16.0. The van der Waals surface area contributed by atoms with E-state index in [9.17, 15) is 13.2 Å². The van der Waals surface area contributed by atoms with E-state index in [-0.39, 0.29) is 22.1 Å². The van der Waals surface area contributed by atoms with Crippen molar-refractivity contribution in [2.75, 3.05) is 11.4 Å². The maximum Gasteiger partial charge on any atom is 0.340 e. The zero-order valence-electron chi connectivity index (χ0n) is 12.7. The van der Waals surface area contributed by atoms with E-state index >= 15 is 0 Å². The number of hydrogen-bond donors (Lipinski definition) is 0. The van der Waals surface area contributed by atoms with Crippen LogP contribution < -0.4 is 9.08 Å². The predicted molar refractivity (Wildman–Crippen MR) is 87.0 cm³/mol. The molecule has 2 aromatic carbocycles. The maximum atomic E-state index is 12.3. The summed E-state index contributed by atoms with van der Waals surface area (Å²) in [6.45, 7) is 0.660. The van der Waals surface area contributed by atoms with E-state index in [1.165, 1.54) is 30.3 Å². The Balaban J connectivity index is 1.83. The highest BCUT2D eigenvalue weighted by atomic mass is 32.2. The van der Waals surface area contributed by atoms with Gasteiger partial charge in [0.2, 0.25) is 5.91 Å². The van der Waals surface area contributed by atoms with Gasteiger partial charge in [0, 0.05) is 18.7 Å². The van der Waals surface area contributed by atoms with Gasteiger partial charge in [-0.2, -0.15) is 13.7 Å². The lowest BCUT2D eigenvalue weighted by Crippen LogP contribution is -2.23. The quantitative estimate of drug-likeness (QED) is 0.797. The first-order chi connectivity index (χ1) is 11.5. The summed E-state index contributed by atoms with van der Waals surface area (Å²) in [5, 5.41) is 9.02. The summed E-state index contributed by atoms with van der Waals surface area (Å²) in [6.07, 6.45) is 1.34. The van der Waals surface area contributed by atoms with Crippen molar-refractivity contribution in [2.45, 2.75) is 17.7 Å². The van der Waals surface area contributed by atoms with Gasteiger partial charge in [0.25, 0.3) is 0 Å². The fourth-order valence-electron chi connectivity index (χ4n) is 2.55. The Morgan fingerprint density at radius 2 is 1.79 bits per heavy atom. The first-order valence-electron chi connectivity index (χ1n) is 7.35. The SMILES string of the molecule is N#Cc1ccccc1S(=O)(=O)Oc1ccc(N2CCCC2=O)cc1. The number of hydrogen-bond acceptors (Lipinski definition) is 5. The summed E-state index contributed by atoms with van der Waals surface area (Å²) in [5.41, 5.74) is 0.733. The van der Waals surface area contributed by atoms with Crippen LogP contribution in [0.4, 0.5) is 5.69 Å². The van der Waals surface area contributed by atoms with Gasteiger partial charge in [-0.1, -0.05) is 12.1 Å². The number of amides is 1. The third-order valence-corrected chi connectivity index (χ3v) is 5.01. The Labute approximate surface area is 140 Å². The molecule has 1 fully saturated rings. The lowest BCUT2D eigenvalue weighted by molar-refractivity contribution is -0.117. The molecule has 3 rings (SSSR count). The Kier molecular flexibility index (Phi) is 4.23. The number of carbonyl (C=O) groups excluding carboxylic acids is 1. The van der Waals surface area contributed by atoms with Gasteiger partial charge < -0.3 is 9.08 Å². The average Bonchev–Trinajstić information content (AvgIpc) is 3.01. The van der Waals surface area contributed by atoms with Crippen LogP contribution in [0.5, 0.6) is 5.75 Å². The highest BCUT2D eigenvalue weighted by Crippen LogP contribution is 2.26. The van der Waals surface area contributed by atoms with Gasteiger partial charge in [-0.05, 0) is 42.8 Å². The van der Waals surface area contributed by atoms with Crippen LogP contribution in [-0.4, -0.2) is 20.9 Å². The van der Waals surface area contributed by atoms with Crippen LogP contribution in [0.3, 0.4) is 0 Å². The lowest BCUT2D eigenvalue weighted by Gasteiger charge is -2.16. The van der Waals surface area contributed by atoms with Crippen molar-refractivity contribution < 1.29 is 17.4 Å². The average molecular weight is 342 g/mol. The topological polar surface area (TPSA) is 87.5 Å². The molecule has 0 aliphatic carbocycles. The van der Waals surface area contributed by atoms with E-state index in [0.29, 0.717) is 18.7 Å². The number of nitriles is 1. The monoisotopic (exact) mass is 342 g/mol. The molecule has 1 saturated heterocycles. The van der Waals surface area contributed by atoms with Crippen LogP contribution in [0.2, 0.25) is 0 Å². The second kappa shape index (κ2) is 6.34. The van der Waals surface area contributed by atoms with Gasteiger partial charge in [-0.15, -0.1) is 0 Å². The minimum atomic E-state index is -4.10. The van der Waals surface area contributed by atoms with Crippen LogP contribution >= 0.6 is 0 Å². The fraction of sp³-hybridized carbons (Fsp3) is 0.176. The zero-order chi connectivity index (χ0) is 17.2. The van der Waals surface area contributed by atoms with Crippen molar-refractivity contribution in [3.8, 4) is 11.8 Å². The van der Waals surface area contributed by atoms with Gasteiger partial charge in [0.15, 0.2) is 0 Å². The molecule has 2 aromatic rings. The fourth-order valence-corrected chi connectivity index (χ4v) is 3.63. The molecule has 0 bridgehead atoms. The molecule has 0 saturated carbocycles. The number of carbonyl (C=O) groups is 1. The molecule has 0 unspecified atom stereocenters. The molecular formula is C17H14N2O4S. The van der Waals surface area contributed by atoms with Gasteiger partial charge in [0.05, 0.1) is 5.56 Å². The standard InChI is InChI=1S/C17H14N2O4S/c18-12-13-4-1-2-5-16(13)24(21,22)23-15-9-7-14(8-10-15)19-11-3-6-17(19)20/h1-2,4-5,7-10H,3,6,11H2. The van der Waals surface area contributed by atoms with Gasteiger partial charge >= 0.3 is 10.1 Å². The van der Waals surface area contributed by atoms with E-state index < -0.39 is 10.1 Å². The summed E-state index contributed by atoms with van der Waals surface area (Å²) in [6, 6.07) is 14.0. The van der Waals surface area contributed by atoms with E-state index in [4.69, 9.17) is 9.44 Å². The molecule has 6 nitrogen and oxygen atoms in total. The van der Waals surface area contributed by atoms with Crippen LogP contribution in [0, 0.1) is 11.3 Å². The molecule has 0 radical (unpaired) electrons. The molecule has 0 spiro atoms. The molecule has 7 heteroatoms. The molecule has 0 atom stereocenters. The minimum absolute atomic E-state index is 0.0248. The highest BCUT2D eigenvalue weighted by Gasteiger charge is 2.23. The molecule has 1 heterocycles. The third kappa shape index (κ3) is 3.09. The van der Waals surface area contributed by atoms with Crippen molar-refractivity contribution in [3.63, 3.8) is 0 Å². The van der Waals surface area contributed by atoms with Crippen LogP contribution in [-0.2, 0) is 14.9 Å². The Hall–Kier alpha value is -2.85. The zero-order valence-corrected chi connectivity index (χ0v) is 13.5. The summed E-state index contributed by atoms with van der Waals surface area (Å²) in [4.78, 5) is 13.2. The van der Waals surface area contributed by atoms with Crippen molar-refractivity contribution in [1.29, 1.82) is 5.26 Å². The molecule has 122 valence electrons. The van der Waals surface area contributed by atoms with Crippen LogP contribution in [0.1, 0.15) is 18.4 Å². The smallest absolute Gasteiger partial charge is 0.340 e. The van der Waals surface area contributed by atoms with Gasteiger partial charge in [-0.3, -0.25) is 4.79 Å². The van der Waals surface area contributed by atoms with Crippen molar-refractivity contribution in [3.05, 3.63) is 54.1 Å². The largest absolute Gasteiger partial charge is 0.379 e. The first-order valence-corrected chi connectivity index (χ1v) is 8.76. The Bertz CT molecular complexity index is 914. The van der Waals surface area contributed by atoms with Gasteiger partial charge in [0.1, 0.15) is 16.7 Å². The molecule has 1 aliphatic rings. The molecule has 0 N–H and O–H groups in total. The predicted octanol–water partition coefficient (Wildman–Crippen LogP) is 2.45. The second-order valence-corrected chi connectivity index (χ2v) is 6.80. The lowest BCUT2D eigenvalue weighted by atomic mass is 10.2. The van der Waals surface area contributed by atoms with Crippen molar-refractivity contribution >= 4 is 21.7 Å². The summed E-state index contributed by atoms with van der Waals surface area (Å²) in [5.74, 6) is 0.178. The molecule has 0 aromatic heterocycles. The summed E-state index contributed by atoms with van der Waals surface area (Å²) in [7, 11) is -4.10. The molecule has 24 heavy (non-hydrogen) atoms. The van der Waals surface area contributed by atoms with E-state index in [2.05, 4.69) is 0 Å². The third-order valence-electron chi connectivity index (χ3n) is 3.70. The normalized spacial score (nSPS) is 14.5. The van der Waals surface area contributed by atoms with Crippen molar-refractivity contribution in [2.24, 2.45) is 0 Å². The van der Waals surface area contributed by atoms with Crippen molar-refractivity contribution in [1.82, 2.24) is 0 Å². The molecule has 1 amide bonds. The van der Waals surface area contributed by atoms with E-state index in [0.717, 1.165) is 6.42 Å². The maximum absolute atomic E-state index is 12.3. The number of rotatable bonds is 4. The van der Waals surface area contributed by atoms with Crippen LogP contribution in [0.25, 0.3) is 0 Å².